The topological polar surface area (TPSA) is 47.6 Å². The van der Waals surface area contributed by atoms with E-state index in [1.165, 1.54) is 6.07 Å². The Labute approximate surface area is 134 Å². The Balaban J connectivity index is 1.60. The lowest BCUT2D eigenvalue weighted by Crippen LogP contribution is -2.12. The molecule has 0 spiro atoms. The molecule has 3 rings (SSSR count). The van der Waals surface area contributed by atoms with E-state index in [1.54, 1.807) is 36.4 Å². The van der Waals surface area contributed by atoms with Crippen molar-refractivity contribution in [1.29, 1.82) is 0 Å². The molecule has 2 aromatic rings. The van der Waals surface area contributed by atoms with Crippen LogP contribution in [0.4, 0.5) is 10.1 Å². The molecule has 0 fully saturated rings. The maximum atomic E-state index is 13.5. The van der Waals surface area contributed by atoms with Crippen LogP contribution in [-0.4, -0.2) is 19.1 Å². The highest BCUT2D eigenvalue weighted by atomic mass is 19.1. The number of halogens is 1. The van der Waals surface area contributed by atoms with Gasteiger partial charge in [0.25, 0.3) is 0 Å². The molecule has 0 unspecified atom stereocenters. The van der Waals surface area contributed by atoms with Crippen molar-refractivity contribution in [1.82, 2.24) is 0 Å². The van der Waals surface area contributed by atoms with Gasteiger partial charge in [0.05, 0.1) is 13.2 Å². The summed E-state index contributed by atoms with van der Waals surface area (Å²) in [5.41, 5.74) is 1.19. The van der Waals surface area contributed by atoms with E-state index in [4.69, 9.17) is 9.47 Å². The third kappa shape index (κ3) is 4.00. The van der Waals surface area contributed by atoms with E-state index in [-0.39, 0.29) is 18.1 Å². The predicted molar refractivity (Wildman–Crippen MR) is 85.4 cm³/mol. The first-order valence-corrected chi connectivity index (χ1v) is 7.65. The van der Waals surface area contributed by atoms with E-state index >= 15 is 0 Å². The second-order valence-electron chi connectivity index (χ2n) is 5.35. The molecule has 1 heterocycles. The van der Waals surface area contributed by atoms with Gasteiger partial charge in [-0.2, -0.15) is 0 Å². The van der Waals surface area contributed by atoms with Crippen LogP contribution in [-0.2, 0) is 11.2 Å². The molecule has 0 saturated carbocycles. The molecule has 1 aliphatic rings. The zero-order valence-corrected chi connectivity index (χ0v) is 12.7. The Morgan fingerprint density at radius 2 is 1.87 bits per heavy atom. The van der Waals surface area contributed by atoms with E-state index in [1.807, 2.05) is 0 Å². The van der Waals surface area contributed by atoms with E-state index < -0.39 is 0 Å². The maximum absolute atomic E-state index is 13.5. The molecule has 0 saturated heterocycles. The number of aryl methyl sites for hydroxylation is 1. The zero-order chi connectivity index (χ0) is 16.1. The van der Waals surface area contributed by atoms with Gasteiger partial charge >= 0.3 is 0 Å². The standard InChI is InChI=1S/C18H18FNO3/c19-15-5-2-1-4-13(15)6-9-18(21)20-14-7-8-16-17(12-14)23-11-3-10-22-16/h1-2,4-5,7-8,12H,3,6,9-11H2,(H,20,21). The quantitative estimate of drug-likeness (QED) is 0.938. The van der Waals surface area contributed by atoms with Gasteiger partial charge in [-0.3, -0.25) is 4.79 Å². The largest absolute Gasteiger partial charge is 0.490 e. The van der Waals surface area contributed by atoms with Crippen molar-refractivity contribution in [3.63, 3.8) is 0 Å². The predicted octanol–water partition coefficient (Wildman–Crippen LogP) is 3.56. The van der Waals surface area contributed by atoms with Crippen LogP contribution in [0.15, 0.2) is 42.5 Å². The summed E-state index contributed by atoms with van der Waals surface area (Å²) in [7, 11) is 0. The van der Waals surface area contributed by atoms with Gasteiger partial charge in [-0.15, -0.1) is 0 Å². The fourth-order valence-corrected chi connectivity index (χ4v) is 2.41. The smallest absolute Gasteiger partial charge is 0.224 e. The summed E-state index contributed by atoms with van der Waals surface area (Å²) in [5.74, 6) is 0.875. The summed E-state index contributed by atoms with van der Waals surface area (Å²) in [6.07, 6.45) is 1.41. The van der Waals surface area contributed by atoms with Crippen molar-refractivity contribution < 1.29 is 18.7 Å². The van der Waals surface area contributed by atoms with Gasteiger partial charge < -0.3 is 14.8 Å². The molecule has 4 nitrogen and oxygen atoms in total. The molecule has 0 aliphatic carbocycles. The number of anilines is 1. The fraction of sp³-hybridized carbons (Fsp3) is 0.278. The highest BCUT2D eigenvalue weighted by molar-refractivity contribution is 5.91. The first-order valence-electron chi connectivity index (χ1n) is 7.65. The van der Waals surface area contributed by atoms with Crippen LogP contribution in [0.5, 0.6) is 11.5 Å². The molecular weight excluding hydrogens is 297 g/mol. The van der Waals surface area contributed by atoms with Crippen LogP contribution in [0.3, 0.4) is 0 Å². The fourth-order valence-electron chi connectivity index (χ4n) is 2.41. The van der Waals surface area contributed by atoms with Crippen LogP contribution in [0.25, 0.3) is 0 Å². The minimum absolute atomic E-state index is 0.164. The normalized spacial score (nSPS) is 13.3. The Kier molecular flexibility index (Phi) is 4.76. The van der Waals surface area contributed by atoms with E-state index in [2.05, 4.69) is 5.32 Å². The average molecular weight is 315 g/mol. The van der Waals surface area contributed by atoms with Crippen LogP contribution < -0.4 is 14.8 Å². The summed E-state index contributed by atoms with van der Waals surface area (Å²) in [6, 6.07) is 11.8. The number of benzene rings is 2. The molecule has 1 N–H and O–H groups in total. The number of hydrogen-bond acceptors (Lipinski definition) is 3. The summed E-state index contributed by atoms with van der Waals surface area (Å²) >= 11 is 0. The highest BCUT2D eigenvalue weighted by Crippen LogP contribution is 2.32. The van der Waals surface area contributed by atoms with Crippen molar-refractivity contribution in [3.05, 3.63) is 53.8 Å². The summed E-state index contributed by atoms with van der Waals surface area (Å²) in [5, 5.41) is 2.81. The lowest BCUT2D eigenvalue weighted by Gasteiger charge is -2.10. The van der Waals surface area contributed by atoms with Gasteiger partial charge in [0.1, 0.15) is 5.82 Å². The zero-order valence-electron chi connectivity index (χ0n) is 12.7. The number of ether oxygens (including phenoxy) is 2. The molecule has 0 aromatic heterocycles. The van der Waals surface area contributed by atoms with Gasteiger partial charge in [0, 0.05) is 24.6 Å². The second-order valence-corrected chi connectivity index (χ2v) is 5.35. The monoisotopic (exact) mass is 315 g/mol. The molecule has 5 heteroatoms. The third-order valence-electron chi connectivity index (χ3n) is 3.61. The van der Waals surface area contributed by atoms with Crippen LogP contribution in [0.1, 0.15) is 18.4 Å². The molecule has 120 valence electrons. The van der Waals surface area contributed by atoms with Gasteiger partial charge in [0.15, 0.2) is 11.5 Å². The molecular formula is C18H18FNO3. The number of amides is 1. The maximum Gasteiger partial charge on any atom is 0.224 e. The summed E-state index contributed by atoms with van der Waals surface area (Å²) in [6.45, 7) is 1.22. The first kappa shape index (κ1) is 15.3. The number of carbonyl (C=O) groups excluding carboxylic acids is 1. The Hall–Kier alpha value is -2.56. The lowest BCUT2D eigenvalue weighted by atomic mass is 10.1. The number of hydrogen-bond donors (Lipinski definition) is 1. The Morgan fingerprint density at radius 1 is 1.09 bits per heavy atom. The van der Waals surface area contributed by atoms with Crippen molar-refractivity contribution in [3.8, 4) is 11.5 Å². The van der Waals surface area contributed by atoms with E-state index in [9.17, 15) is 9.18 Å². The van der Waals surface area contributed by atoms with Crippen molar-refractivity contribution in [2.75, 3.05) is 18.5 Å². The SMILES string of the molecule is O=C(CCc1ccccc1F)Nc1ccc2c(c1)OCCCO2. The van der Waals surface area contributed by atoms with Gasteiger partial charge in [-0.05, 0) is 30.2 Å². The number of fused-ring (bicyclic) bond motifs is 1. The van der Waals surface area contributed by atoms with E-state index in [0.717, 1.165) is 6.42 Å². The third-order valence-corrected chi connectivity index (χ3v) is 3.61. The van der Waals surface area contributed by atoms with Gasteiger partial charge in [0.2, 0.25) is 5.91 Å². The van der Waals surface area contributed by atoms with Gasteiger partial charge in [-0.1, -0.05) is 18.2 Å². The molecule has 23 heavy (non-hydrogen) atoms. The molecule has 1 aliphatic heterocycles. The Bertz CT molecular complexity index is 702. The Morgan fingerprint density at radius 3 is 2.70 bits per heavy atom. The highest BCUT2D eigenvalue weighted by Gasteiger charge is 2.12. The van der Waals surface area contributed by atoms with Crippen molar-refractivity contribution >= 4 is 11.6 Å². The summed E-state index contributed by atoms with van der Waals surface area (Å²) in [4.78, 5) is 12.0. The number of nitrogens with one attached hydrogen (secondary N) is 1. The molecule has 1 amide bonds. The molecule has 0 atom stereocenters. The molecule has 2 aromatic carbocycles. The van der Waals surface area contributed by atoms with E-state index in [0.29, 0.717) is 42.4 Å². The van der Waals surface area contributed by atoms with Gasteiger partial charge in [-0.25, -0.2) is 4.39 Å². The lowest BCUT2D eigenvalue weighted by molar-refractivity contribution is -0.116. The minimum atomic E-state index is -0.282. The van der Waals surface area contributed by atoms with Crippen molar-refractivity contribution in [2.24, 2.45) is 0 Å². The van der Waals surface area contributed by atoms with Crippen molar-refractivity contribution in [2.45, 2.75) is 19.3 Å². The minimum Gasteiger partial charge on any atom is -0.490 e. The molecule has 0 radical (unpaired) electrons. The molecule has 0 bridgehead atoms. The van der Waals surface area contributed by atoms with Crippen LogP contribution in [0.2, 0.25) is 0 Å². The number of carbonyl (C=O) groups is 1. The first-order chi connectivity index (χ1) is 11.2. The van der Waals surface area contributed by atoms with Crippen LogP contribution in [0, 0.1) is 5.82 Å². The average Bonchev–Trinajstić information content (AvgIpc) is 2.79. The van der Waals surface area contributed by atoms with Crippen LogP contribution >= 0.6 is 0 Å². The summed E-state index contributed by atoms with van der Waals surface area (Å²) < 4.78 is 24.7. The second kappa shape index (κ2) is 7.13. The number of rotatable bonds is 4.